The van der Waals surface area contributed by atoms with Crippen molar-refractivity contribution in [3.63, 3.8) is 0 Å². The largest absolute Gasteiger partial charge is 0.335 e. The maximum absolute atomic E-state index is 11.9. The quantitative estimate of drug-likeness (QED) is 0.786. The van der Waals surface area contributed by atoms with Crippen molar-refractivity contribution in [3.05, 3.63) is 22.7 Å². The molecule has 5 heteroatoms. The van der Waals surface area contributed by atoms with Gasteiger partial charge < -0.3 is 4.90 Å². The minimum Gasteiger partial charge on any atom is -0.335 e. The molecule has 1 rings (SSSR count). The minimum atomic E-state index is -0.216. The molecule has 0 atom stereocenters. The van der Waals surface area contributed by atoms with Gasteiger partial charge in [0.25, 0.3) is 5.91 Å². The molecular formula is C10H14BrN3O. The predicted molar refractivity (Wildman–Crippen MR) is 61.6 cm³/mol. The first-order valence-corrected chi connectivity index (χ1v) is 5.37. The normalized spacial score (nSPS) is 11.3. The average Bonchev–Trinajstić information content (AvgIpc) is 2.15. The van der Waals surface area contributed by atoms with Gasteiger partial charge in [-0.3, -0.25) is 4.79 Å². The van der Waals surface area contributed by atoms with E-state index >= 15 is 0 Å². The van der Waals surface area contributed by atoms with Crippen molar-refractivity contribution < 1.29 is 4.79 Å². The van der Waals surface area contributed by atoms with Gasteiger partial charge in [-0.2, -0.15) is 0 Å². The molecule has 0 spiro atoms. The molecule has 1 aromatic rings. The highest BCUT2D eigenvalue weighted by Crippen LogP contribution is 2.13. The lowest BCUT2D eigenvalue weighted by molar-refractivity contribution is 0.0649. The second kappa shape index (κ2) is 4.26. The van der Waals surface area contributed by atoms with Gasteiger partial charge in [-0.1, -0.05) is 0 Å². The molecule has 1 aromatic heterocycles. The van der Waals surface area contributed by atoms with Crippen LogP contribution in [0.1, 0.15) is 31.3 Å². The Kier molecular flexibility index (Phi) is 3.44. The lowest BCUT2D eigenvalue weighted by Crippen LogP contribution is -2.42. The molecule has 0 aliphatic carbocycles. The molecular weight excluding hydrogens is 258 g/mol. The van der Waals surface area contributed by atoms with E-state index in [-0.39, 0.29) is 11.4 Å². The smallest absolute Gasteiger partial charge is 0.274 e. The van der Waals surface area contributed by atoms with Crippen molar-refractivity contribution in [2.75, 3.05) is 7.05 Å². The monoisotopic (exact) mass is 271 g/mol. The summed E-state index contributed by atoms with van der Waals surface area (Å²) in [6, 6.07) is 0. The van der Waals surface area contributed by atoms with Gasteiger partial charge in [-0.15, -0.1) is 0 Å². The van der Waals surface area contributed by atoms with Crippen molar-refractivity contribution >= 4 is 21.8 Å². The fourth-order valence-electron chi connectivity index (χ4n) is 0.899. The van der Waals surface area contributed by atoms with E-state index in [1.807, 2.05) is 20.8 Å². The standard InChI is InChI=1S/C10H14BrN3O/c1-10(2,3)14(4)9(15)7-5-13-8(11)6-12-7/h5-6H,1-4H3. The maximum Gasteiger partial charge on any atom is 0.274 e. The molecule has 0 saturated heterocycles. The molecule has 15 heavy (non-hydrogen) atoms. The van der Waals surface area contributed by atoms with Crippen molar-refractivity contribution in [2.24, 2.45) is 0 Å². The molecule has 0 aliphatic heterocycles. The van der Waals surface area contributed by atoms with Crippen LogP contribution in [0.25, 0.3) is 0 Å². The van der Waals surface area contributed by atoms with Crippen LogP contribution < -0.4 is 0 Å². The van der Waals surface area contributed by atoms with Gasteiger partial charge in [0.05, 0.1) is 12.4 Å². The highest BCUT2D eigenvalue weighted by molar-refractivity contribution is 9.10. The van der Waals surface area contributed by atoms with Crippen molar-refractivity contribution in [2.45, 2.75) is 26.3 Å². The third kappa shape index (κ3) is 2.99. The van der Waals surface area contributed by atoms with Crippen LogP contribution in [0.4, 0.5) is 0 Å². The lowest BCUT2D eigenvalue weighted by atomic mass is 10.1. The molecule has 0 saturated carbocycles. The Morgan fingerprint density at radius 1 is 1.33 bits per heavy atom. The number of rotatable bonds is 1. The number of hydrogen-bond acceptors (Lipinski definition) is 3. The summed E-state index contributed by atoms with van der Waals surface area (Å²) < 4.78 is 0.623. The fourth-order valence-corrected chi connectivity index (χ4v) is 1.10. The topological polar surface area (TPSA) is 46.1 Å². The average molecular weight is 272 g/mol. The van der Waals surface area contributed by atoms with Crippen LogP contribution in [-0.4, -0.2) is 33.4 Å². The lowest BCUT2D eigenvalue weighted by Gasteiger charge is -2.31. The molecule has 0 aromatic carbocycles. The van der Waals surface area contributed by atoms with E-state index in [0.29, 0.717) is 10.3 Å². The summed E-state index contributed by atoms with van der Waals surface area (Å²) >= 11 is 3.17. The number of carbonyl (C=O) groups is 1. The Morgan fingerprint density at radius 2 is 1.93 bits per heavy atom. The molecule has 0 radical (unpaired) electrons. The Hall–Kier alpha value is -0.970. The van der Waals surface area contributed by atoms with Crippen LogP contribution in [-0.2, 0) is 0 Å². The molecule has 0 aliphatic rings. The van der Waals surface area contributed by atoms with Gasteiger partial charge >= 0.3 is 0 Å². The van der Waals surface area contributed by atoms with Gasteiger partial charge in [0.15, 0.2) is 0 Å². The second-order valence-corrected chi connectivity index (χ2v) is 5.07. The number of halogens is 1. The Labute approximate surface area is 97.8 Å². The molecule has 1 amide bonds. The van der Waals surface area contributed by atoms with Crippen molar-refractivity contribution in [3.8, 4) is 0 Å². The molecule has 4 nitrogen and oxygen atoms in total. The van der Waals surface area contributed by atoms with E-state index in [9.17, 15) is 4.79 Å². The van der Waals surface area contributed by atoms with Crippen LogP contribution in [0.5, 0.6) is 0 Å². The number of carbonyl (C=O) groups excluding carboxylic acids is 1. The molecule has 0 unspecified atom stereocenters. The summed E-state index contributed by atoms with van der Waals surface area (Å²) in [4.78, 5) is 21.5. The van der Waals surface area contributed by atoms with Crippen LogP contribution in [0, 0.1) is 0 Å². The highest BCUT2D eigenvalue weighted by atomic mass is 79.9. The first-order chi connectivity index (χ1) is 6.82. The van der Waals surface area contributed by atoms with Crippen LogP contribution >= 0.6 is 15.9 Å². The van der Waals surface area contributed by atoms with Crippen LogP contribution in [0.2, 0.25) is 0 Å². The zero-order valence-corrected chi connectivity index (χ0v) is 10.9. The third-order valence-corrected chi connectivity index (χ3v) is 2.56. The first-order valence-electron chi connectivity index (χ1n) is 4.58. The summed E-state index contributed by atoms with van der Waals surface area (Å²) in [7, 11) is 1.76. The van der Waals surface area contributed by atoms with E-state index in [2.05, 4.69) is 25.9 Å². The molecule has 0 N–H and O–H groups in total. The number of hydrogen-bond donors (Lipinski definition) is 0. The maximum atomic E-state index is 11.9. The summed E-state index contributed by atoms with van der Waals surface area (Å²) in [6.45, 7) is 5.91. The van der Waals surface area contributed by atoms with Crippen LogP contribution in [0.15, 0.2) is 17.0 Å². The SMILES string of the molecule is CN(C(=O)c1cnc(Br)cn1)C(C)(C)C. The summed E-state index contributed by atoms with van der Waals surface area (Å²) in [5, 5.41) is 0. The first kappa shape index (κ1) is 12.1. The van der Waals surface area contributed by atoms with Crippen molar-refractivity contribution in [1.29, 1.82) is 0 Å². The van der Waals surface area contributed by atoms with Gasteiger partial charge in [0.1, 0.15) is 10.3 Å². The van der Waals surface area contributed by atoms with E-state index in [1.165, 1.54) is 12.4 Å². The van der Waals surface area contributed by atoms with E-state index in [4.69, 9.17) is 0 Å². The number of amides is 1. The summed E-state index contributed by atoms with van der Waals surface area (Å²) in [6.07, 6.45) is 2.98. The van der Waals surface area contributed by atoms with Gasteiger partial charge in [-0.25, -0.2) is 9.97 Å². The minimum absolute atomic E-state index is 0.123. The molecule has 0 bridgehead atoms. The highest BCUT2D eigenvalue weighted by Gasteiger charge is 2.24. The second-order valence-electron chi connectivity index (χ2n) is 4.26. The Balaban J connectivity index is 2.90. The van der Waals surface area contributed by atoms with Gasteiger partial charge in [-0.05, 0) is 36.7 Å². The zero-order valence-electron chi connectivity index (χ0n) is 9.28. The molecule has 1 heterocycles. The number of aromatic nitrogens is 2. The third-order valence-electron chi connectivity index (χ3n) is 2.15. The Bertz CT molecular complexity index is 356. The predicted octanol–water partition coefficient (Wildman–Crippen LogP) is 2.11. The van der Waals surface area contributed by atoms with E-state index < -0.39 is 0 Å². The van der Waals surface area contributed by atoms with E-state index in [1.54, 1.807) is 11.9 Å². The van der Waals surface area contributed by atoms with E-state index in [0.717, 1.165) is 0 Å². The summed E-state index contributed by atoms with van der Waals surface area (Å²) in [5.74, 6) is -0.123. The van der Waals surface area contributed by atoms with Crippen LogP contribution in [0.3, 0.4) is 0 Å². The van der Waals surface area contributed by atoms with Gasteiger partial charge in [0, 0.05) is 12.6 Å². The van der Waals surface area contributed by atoms with Crippen molar-refractivity contribution in [1.82, 2.24) is 14.9 Å². The molecule has 82 valence electrons. The molecule has 0 fully saturated rings. The fraction of sp³-hybridized carbons (Fsp3) is 0.500. The summed E-state index contributed by atoms with van der Waals surface area (Å²) in [5.41, 5.74) is 0.141. The number of nitrogens with zero attached hydrogens (tertiary/aromatic N) is 3. The Morgan fingerprint density at radius 3 is 2.33 bits per heavy atom. The van der Waals surface area contributed by atoms with Gasteiger partial charge in [0.2, 0.25) is 0 Å². The zero-order chi connectivity index (χ0) is 11.6.